The summed E-state index contributed by atoms with van der Waals surface area (Å²) in [7, 11) is 0. The van der Waals surface area contributed by atoms with Crippen LogP contribution in [0.3, 0.4) is 0 Å². The van der Waals surface area contributed by atoms with Crippen LogP contribution in [0.4, 0.5) is 5.00 Å². The summed E-state index contributed by atoms with van der Waals surface area (Å²) in [5, 5.41) is 3.52. The number of anilines is 1. The van der Waals surface area contributed by atoms with Crippen LogP contribution in [-0.4, -0.2) is 18.5 Å². The van der Waals surface area contributed by atoms with E-state index in [1.807, 2.05) is 24.3 Å². The largest absolute Gasteiger partial charge is 0.462 e. The van der Waals surface area contributed by atoms with Crippen molar-refractivity contribution in [1.82, 2.24) is 0 Å². The SMILES string of the molecule is CCOC(=O)c1c(NC(=O)C=Cc2ccc(Br)cc2)sc2c1CCCCCC2. The average molecular weight is 462 g/mol. The number of ether oxygens (including phenoxy) is 1. The molecule has 0 fully saturated rings. The molecule has 0 radical (unpaired) electrons. The molecule has 1 amide bonds. The number of carbonyl (C=O) groups is 2. The van der Waals surface area contributed by atoms with Crippen molar-refractivity contribution in [2.45, 2.75) is 45.4 Å². The lowest BCUT2D eigenvalue weighted by Crippen LogP contribution is -2.13. The lowest BCUT2D eigenvalue weighted by Gasteiger charge is -2.11. The van der Waals surface area contributed by atoms with Gasteiger partial charge in [-0.3, -0.25) is 4.79 Å². The second-order valence-corrected chi connectivity index (χ2v) is 8.74. The van der Waals surface area contributed by atoms with Gasteiger partial charge in [-0.25, -0.2) is 4.79 Å². The number of hydrogen-bond acceptors (Lipinski definition) is 4. The van der Waals surface area contributed by atoms with E-state index in [2.05, 4.69) is 21.2 Å². The Balaban J connectivity index is 1.83. The predicted octanol–water partition coefficient (Wildman–Crippen LogP) is 6.00. The lowest BCUT2D eigenvalue weighted by atomic mass is 9.96. The molecule has 1 heterocycles. The fourth-order valence-electron chi connectivity index (χ4n) is 3.33. The van der Waals surface area contributed by atoms with Crippen molar-refractivity contribution in [1.29, 1.82) is 0 Å². The van der Waals surface area contributed by atoms with Crippen LogP contribution in [0, 0.1) is 0 Å². The van der Waals surface area contributed by atoms with Gasteiger partial charge in [0, 0.05) is 15.4 Å². The number of nitrogens with one attached hydrogen (secondary N) is 1. The maximum absolute atomic E-state index is 12.6. The van der Waals surface area contributed by atoms with Crippen LogP contribution in [0.2, 0.25) is 0 Å². The zero-order valence-electron chi connectivity index (χ0n) is 15.9. The Labute approximate surface area is 178 Å². The molecular formula is C22H24BrNO3S. The zero-order valence-corrected chi connectivity index (χ0v) is 18.3. The molecule has 0 unspecified atom stereocenters. The molecule has 1 aromatic heterocycles. The zero-order chi connectivity index (χ0) is 19.9. The minimum Gasteiger partial charge on any atom is -0.462 e. The Morgan fingerprint density at radius 3 is 2.57 bits per heavy atom. The first kappa shape index (κ1) is 20.8. The Hall–Kier alpha value is -1.92. The molecule has 28 heavy (non-hydrogen) atoms. The number of thiophene rings is 1. The number of rotatable bonds is 5. The predicted molar refractivity (Wildman–Crippen MR) is 118 cm³/mol. The van der Waals surface area contributed by atoms with E-state index in [1.54, 1.807) is 13.0 Å². The number of halogens is 1. The first-order chi connectivity index (χ1) is 13.6. The third-order valence-electron chi connectivity index (χ3n) is 4.68. The number of esters is 1. The molecule has 1 aromatic carbocycles. The Morgan fingerprint density at radius 2 is 1.86 bits per heavy atom. The number of fused-ring (bicyclic) bond motifs is 1. The molecule has 6 heteroatoms. The summed E-state index contributed by atoms with van der Waals surface area (Å²) in [5.74, 6) is -0.588. The van der Waals surface area contributed by atoms with E-state index < -0.39 is 0 Å². The first-order valence-corrected chi connectivity index (χ1v) is 11.3. The van der Waals surface area contributed by atoms with E-state index in [-0.39, 0.29) is 11.9 Å². The van der Waals surface area contributed by atoms with Crippen LogP contribution < -0.4 is 5.32 Å². The van der Waals surface area contributed by atoms with Gasteiger partial charge in [0.05, 0.1) is 12.2 Å². The van der Waals surface area contributed by atoms with E-state index in [9.17, 15) is 9.59 Å². The molecule has 0 saturated carbocycles. The topological polar surface area (TPSA) is 55.4 Å². The molecule has 0 atom stereocenters. The molecule has 3 rings (SSSR count). The Kier molecular flexibility index (Phi) is 7.45. The van der Waals surface area contributed by atoms with Crippen LogP contribution in [0.1, 0.15) is 59.0 Å². The summed E-state index contributed by atoms with van der Waals surface area (Å²) in [5.41, 5.74) is 2.55. The summed E-state index contributed by atoms with van der Waals surface area (Å²) in [6.07, 6.45) is 9.64. The van der Waals surface area contributed by atoms with Crippen molar-refractivity contribution in [2.24, 2.45) is 0 Å². The summed E-state index contributed by atoms with van der Waals surface area (Å²) in [6.45, 7) is 2.12. The monoisotopic (exact) mass is 461 g/mol. The van der Waals surface area contributed by atoms with Crippen molar-refractivity contribution >= 4 is 50.2 Å². The highest BCUT2D eigenvalue weighted by molar-refractivity contribution is 9.10. The van der Waals surface area contributed by atoms with Crippen LogP contribution in [-0.2, 0) is 22.4 Å². The van der Waals surface area contributed by atoms with E-state index in [0.29, 0.717) is 17.2 Å². The third-order valence-corrected chi connectivity index (χ3v) is 6.42. The van der Waals surface area contributed by atoms with Crippen LogP contribution >= 0.6 is 27.3 Å². The molecule has 1 N–H and O–H groups in total. The second kappa shape index (κ2) is 10.0. The highest BCUT2D eigenvalue weighted by Crippen LogP contribution is 2.37. The molecule has 0 spiro atoms. The van der Waals surface area contributed by atoms with Crippen molar-refractivity contribution in [3.05, 3.63) is 56.4 Å². The fourth-order valence-corrected chi connectivity index (χ4v) is 4.87. The lowest BCUT2D eigenvalue weighted by molar-refractivity contribution is -0.111. The molecule has 0 bridgehead atoms. The van der Waals surface area contributed by atoms with Crippen LogP contribution in [0.15, 0.2) is 34.8 Å². The van der Waals surface area contributed by atoms with Gasteiger partial charge in [-0.1, -0.05) is 40.9 Å². The number of amides is 1. The van der Waals surface area contributed by atoms with E-state index in [4.69, 9.17) is 4.74 Å². The highest BCUT2D eigenvalue weighted by atomic mass is 79.9. The van der Waals surface area contributed by atoms with Gasteiger partial charge in [0.25, 0.3) is 0 Å². The minimum absolute atomic E-state index is 0.248. The van der Waals surface area contributed by atoms with Crippen molar-refractivity contribution < 1.29 is 14.3 Å². The summed E-state index contributed by atoms with van der Waals surface area (Å²) in [4.78, 5) is 26.3. The minimum atomic E-state index is -0.340. The second-order valence-electron chi connectivity index (χ2n) is 6.72. The van der Waals surface area contributed by atoms with E-state index in [0.717, 1.165) is 41.3 Å². The van der Waals surface area contributed by atoms with Gasteiger partial charge in [-0.05, 0) is 61.9 Å². The molecule has 1 aliphatic carbocycles. The maximum atomic E-state index is 12.6. The first-order valence-electron chi connectivity index (χ1n) is 9.64. The van der Waals surface area contributed by atoms with Gasteiger partial charge in [-0.2, -0.15) is 0 Å². The molecule has 2 aromatic rings. The standard InChI is InChI=1S/C22H24BrNO3S/c1-2-27-22(26)20-17-7-5-3-4-6-8-18(17)28-21(20)24-19(25)14-11-15-9-12-16(23)13-10-15/h9-14H,2-8H2,1H3,(H,24,25). The number of carbonyl (C=O) groups excluding carboxylic acids is 2. The van der Waals surface area contributed by atoms with Gasteiger partial charge in [-0.15, -0.1) is 11.3 Å². The van der Waals surface area contributed by atoms with Crippen molar-refractivity contribution in [3.63, 3.8) is 0 Å². The average Bonchev–Trinajstić information content (AvgIpc) is 2.97. The molecule has 4 nitrogen and oxygen atoms in total. The molecular weight excluding hydrogens is 438 g/mol. The Morgan fingerprint density at radius 1 is 1.14 bits per heavy atom. The van der Waals surface area contributed by atoms with Gasteiger partial charge in [0.1, 0.15) is 5.00 Å². The third kappa shape index (κ3) is 5.32. The van der Waals surface area contributed by atoms with Gasteiger partial charge >= 0.3 is 5.97 Å². The normalized spacial score (nSPS) is 14.2. The van der Waals surface area contributed by atoms with Crippen molar-refractivity contribution in [2.75, 3.05) is 11.9 Å². The van der Waals surface area contributed by atoms with E-state index >= 15 is 0 Å². The maximum Gasteiger partial charge on any atom is 0.341 e. The molecule has 0 aliphatic heterocycles. The Bertz CT molecular complexity index is 871. The van der Waals surface area contributed by atoms with Gasteiger partial charge in [0.2, 0.25) is 5.91 Å². The molecule has 0 saturated heterocycles. The number of hydrogen-bond donors (Lipinski definition) is 1. The number of benzene rings is 1. The smallest absolute Gasteiger partial charge is 0.341 e. The number of aryl methyl sites for hydroxylation is 1. The summed E-state index contributed by atoms with van der Waals surface area (Å²) >= 11 is 4.91. The van der Waals surface area contributed by atoms with Crippen LogP contribution in [0.25, 0.3) is 6.08 Å². The highest BCUT2D eigenvalue weighted by Gasteiger charge is 2.25. The van der Waals surface area contributed by atoms with Gasteiger partial charge in [0.15, 0.2) is 0 Å². The molecule has 1 aliphatic rings. The van der Waals surface area contributed by atoms with Crippen LogP contribution in [0.5, 0.6) is 0 Å². The quantitative estimate of drug-likeness (QED) is 0.438. The van der Waals surface area contributed by atoms with Gasteiger partial charge < -0.3 is 10.1 Å². The van der Waals surface area contributed by atoms with E-state index in [1.165, 1.54) is 35.1 Å². The summed E-state index contributed by atoms with van der Waals surface area (Å²) in [6, 6.07) is 7.70. The summed E-state index contributed by atoms with van der Waals surface area (Å²) < 4.78 is 6.27. The van der Waals surface area contributed by atoms with Crippen molar-refractivity contribution in [3.8, 4) is 0 Å². The fraction of sp³-hybridized carbons (Fsp3) is 0.364. The molecule has 148 valence electrons.